The van der Waals surface area contributed by atoms with E-state index >= 15 is 0 Å². The zero-order chi connectivity index (χ0) is 13.8. The van der Waals surface area contributed by atoms with Crippen LogP contribution in [0.25, 0.3) is 0 Å². The average Bonchev–Trinajstić information content (AvgIpc) is 2.53. The average molecular weight is 278 g/mol. The topological polar surface area (TPSA) is 43.0 Å². The Morgan fingerprint density at radius 2 is 2.00 bits per heavy atom. The smallest absolute Gasteiger partial charge is 0.168 e. The molecule has 0 radical (unpaired) electrons. The highest BCUT2D eigenvalue weighted by Crippen LogP contribution is 2.39. The van der Waals surface area contributed by atoms with Gasteiger partial charge in [0.25, 0.3) is 0 Å². The summed E-state index contributed by atoms with van der Waals surface area (Å²) in [6.45, 7) is 6.62. The van der Waals surface area contributed by atoms with Gasteiger partial charge in [0.2, 0.25) is 0 Å². The van der Waals surface area contributed by atoms with Gasteiger partial charge >= 0.3 is 0 Å². The first-order chi connectivity index (χ1) is 9.88. The van der Waals surface area contributed by atoms with E-state index in [9.17, 15) is 0 Å². The maximum absolute atomic E-state index is 5.80. The Bertz CT molecular complexity index is 459. The Labute approximate surface area is 119 Å². The van der Waals surface area contributed by atoms with Crippen LogP contribution in [0.4, 0.5) is 0 Å². The Morgan fingerprint density at radius 3 is 2.80 bits per heavy atom. The van der Waals surface area contributed by atoms with Crippen molar-refractivity contribution in [2.24, 2.45) is 0 Å². The summed E-state index contributed by atoms with van der Waals surface area (Å²) in [6.07, 6.45) is 0.926. The molecule has 0 bridgehead atoms. The predicted octanol–water partition coefficient (Wildman–Crippen LogP) is 0.914. The highest BCUT2D eigenvalue weighted by Gasteiger charge is 2.20. The summed E-state index contributed by atoms with van der Waals surface area (Å²) in [6, 6.07) is 3.91. The van der Waals surface area contributed by atoms with E-state index in [1.54, 1.807) is 7.11 Å². The molecule has 5 nitrogen and oxygen atoms in total. The van der Waals surface area contributed by atoms with Crippen molar-refractivity contribution < 1.29 is 14.2 Å². The monoisotopic (exact) mass is 278 g/mol. The van der Waals surface area contributed by atoms with Gasteiger partial charge in [0.05, 0.1) is 7.11 Å². The van der Waals surface area contributed by atoms with Gasteiger partial charge in [0, 0.05) is 38.3 Å². The van der Waals surface area contributed by atoms with Crippen LogP contribution in [-0.2, 0) is 6.42 Å². The molecule has 5 heteroatoms. The molecule has 0 aliphatic carbocycles. The van der Waals surface area contributed by atoms with E-state index in [0.717, 1.165) is 62.0 Å². The molecule has 1 aromatic rings. The van der Waals surface area contributed by atoms with Crippen LogP contribution in [-0.4, -0.2) is 57.9 Å². The summed E-state index contributed by atoms with van der Waals surface area (Å²) in [5.41, 5.74) is 1.13. The van der Waals surface area contributed by atoms with Crippen molar-refractivity contribution in [1.82, 2.24) is 10.2 Å². The second-order valence-corrected chi connectivity index (χ2v) is 5.11. The van der Waals surface area contributed by atoms with Crippen LogP contribution in [0.5, 0.6) is 17.2 Å². The molecule has 0 spiro atoms. The quantitative estimate of drug-likeness (QED) is 0.887. The number of fused-ring (bicyclic) bond motifs is 1. The molecule has 0 amide bonds. The minimum Gasteiger partial charge on any atom is -0.496 e. The number of nitrogens with one attached hydrogen (secondary N) is 1. The first-order valence-electron chi connectivity index (χ1n) is 7.27. The van der Waals surface area contributed by atoms with Crippen LogP contribution in [0, 0.1) is 0 Å². The zero-order valence-corrected chi connectivity index (χ0v) is 12.0. The molecular weight excluding hydrogens is 256 g/mol. The van der Waals surface area contributed by atoms with Gasteiger partial charge in [-0.2, -0.15) is 0 Å². The summed E-state index contributed by atoms with van der Waals surface area (Å²) >= 11 is 0. The van der Waals surface area contributed by atoms with Crippen molar-refractivity contribution in [2.75, 3.05) is 53.0 Å². The first kappa shape index (κ1) is 13.5. The van der Waals surface area contributed by atoms with Gasteiger partial charge in [-0.1, -0.05) is 0 Å². The second-order valence-electron chi connectivity index (χ2n) is 5.11. The van der Waals surface area contributed by atoms with Gasteiger partial charge in [-0.05, 0) is 18.6 Å². The van der Waals surface area contributed by atoms with Gasteiger partial charge in [0.15, 0.2) is 11.5 Å². The predicted molar refractivity (Wildman–Crippen MR) is 77.0 cm³/mol. The van der Waals surface area contributed by atoms with Gasteiger partial charge in [-0.25, -0.2) is 0 Å². The normalized spacial score (nSPS) is 18.9. The standard InChI is InChI=1S/C15H22N2O3/c1-18-13-2-3-14-15(20-11-10-19-14)12(13)4-7-17-8-5-16-6-9-17/h2-3,16H,4-11H2,1H3. The van der Waals surface area contributed by atoms with Crippen LogP contribution in [0.1, 0.15) is 5.56 Å². The molecule has 0 saturated carbocycles. The molecule has 3 rings (SSSR count). The molecule has 0 atom stereocenters. The van der Waals surface area contributed by atoms with Crippen LogP contribution in [0.3, 0.4) is 0 Å². The molecule has 1 N–H and O–H groups in total. The number of nitrogens with zero attached hydrogens (tertiary/aromatic N) is 1. The summed E-state index contributed by atoms with van der Waals surface area (Å²) in [7, 11) is 1.71. The van der Waals surface area contributed by atoms with E-state index in [0.29, 0.717) is 13.2 Å². The highest BCUT2D eigenvalue weighted by atomic mass is 16.6. The molecular formula is C15H22N2O3. The Morgan fingerprint density at radius 1 is 1.20 bits per heavy atom. The molecule has 20 heavy (non-hydrogen) atoms. The van der Waals surface area contributed by atoms with Crippen molar-refractivity contribution in [3.8, 4) is 17.2 Å². The number of rotatable bonds is 4. The minimum absolute atomic E-state index is 0.612. The lowest BCUT2D eigenvalue weighted by atomic mass is 10.1. The Kier molecular flexibility index (Phi) is 4.28. The molecule has 1 saturated heterocycles. The zero-order valence-electron chi connectivity index (χ0n) is 12.0. The lowest BCUT2D eigenvalue weighted by molar-refractivity contribution is 0.168. The third-order valence-electron chi connectivity index (χ3n) is 3.88. The fourth-order valence-corrected chi connectivity index (χ4v) is 2.79. The third-order valence-corrected chi connectivity index (χ3v) is 3.88. The number of benzene rings is 1. The maximum atomic E-state index is 5.80. The lowest BCUT2D eigenvalue weighted by Gasteiger charge is -2.28. The molecule has 2 aliphatic rings. The van der Waals surface area contributed by atoms with Gasteiger partial charge in [-0.3, -0.25) is 0 Å². The number of piperazine rings is 1. The number of hydrogen-bond acceptors (Lipinski definition) is 5. The molecule has 1 fully saturated rings. The van der Waals surface area contributed by atoms with Crippen LogP contribution in [0.2, 0.25) is 0 Å². The number of methoxy groups -OCH3 is 1. The second kappa shape index (κ2) is 6.33. The maximum Gasteiger partial charge on any atom is 0.168 e. The molecule has 0 aromatic heterocycles. The van der Waals surface area contributed by atoms with Crippen LogP contribution in [0.15, 0.2) is 12.1 Å². The Hall–Kier alpha value is -1.46. The van der Waals surface area contributed by atoms with E-state index in [1.807, 2.05) is 12.1 Å². The molecule has 2 heterocycles. The van der Waals surface area contributed by atoms with E-state index in [2.05, 4.69) is 10.2 Å². The van der Waals surface area contributed by atoms with Crippen LogP contribution >= 0.6 is 0 Å². The fourth-order valence-electron chi connectivity index (χ4n) is 2.79. The summed E-state index contributed by atoms with van der Waals surface area (Å²) in [5, 5.41) is 3.37. The fraction of sp³-hybridized carbons (Fsp3) is 0.600. The highest BCUT2D eigenvalue weighted by molar-refractivity contribution is 5.54. The van der Waals surface area contributed by atoms with Gasteiger partial charge in [-0.15, -0.1) is 0 Å². The van der Waals surface area contributed by atoms with E-state index in [4.69, 9.17) is 14.2 Å². The van der Waals surface area contributed by atoms with E-state index < -0.39 is 0 Å². The molecule has 1 aromatic carbocycles. The number of ether oxygens (including phenoxy) is 3. The van der Waals surface area contributed by atoms with Crippen molar-refractivity contribution in [2.45, 2.75) is 6.42 Å². The minimum atomic E-state index is 0.612. The van der Waals surface area contributed by atoms with E-state index in [1.165, 1.54) is 0 Å². The van der Waals surface area contributed by atoms with Gasteiger partial charge < -0.3 is 24.4 Å². The summed E-state index contributed by atoms with van der Waals surface area (Å²) in [5.74, 6) is 2.60. The van der Waals surface area contributed by atoms with Crippen molar-refractivity contribution in [3.63, 3.8) is 0 Å². The van der Waals surface area contributed by atoms with E-state index in [-0.39, 0.29) is 0 Å². The number of hydrogen-bond donors (Lipinski definition) is 1. The van der Waals surface area contributed by atoms with Crippen molar-refractivity contribution in [3.05, 3.63) is 17.7 Å². The van der Waals surface area contributed by atoms with Crippen molar-refractivity contribution in [1.29, 1.82) is 0 Å². The summed E-state index contributed by atoms with van der Waals surface area (Å²) in [4.78, 5) is 2.47. The molecule has 0 unspecified atom stereocenters. The van der Waals surface area contributed by atoms with Crippen LogP contribution < -0.4 is 19.5 Å². The molecule has 2 aliphatic heterocycles. The SMILES string of the molecule is COc1ccc2c(c1CCN1CCNCC1)OCCO2. The third kappa shape index (κ3) is 2.83. The first-order valence-corrected chi connectivity index (χ1v) is 7.27. The van der Waals surface area contributed by atoms with Crippen molar-refractivity contribution >= 4 is 0 Å². The molecule has 110 valence electrons. The lowest BCUT2D eigenvalue weighted by Crippen LogP contribution is -2.44. The Balaban J connectivity index is 1.76. The van der Waals surface area contributed by atoms with Gasteiger partial charge in [0.1, 0.15) is 19.0 Å². The summed E-state index contributed by atoms with van der Waals surface area (Å²) < 4.78 is 16.9. The largest absolute Gasteiger partial charge is 0.496 e.